The number of amides is 2. The van der Waals surface area contributed by atoms with Crippen LogP contribution in [0.15, 0.2) is 77.8 Å². The highest BCUT2D eigenvalue weighted by Crippen LogP contribution is 2.14. The summed E-state index contributed by atoms with van der Waals surface area (Å²) in [5, 5.41) is 7.43. The average molecular weight is 377 g/mol. The third-order valence-corrected chi connectivity index (χ3v) is 4.67. The van der Waals surface area contributed by atoms with Gasteiger partial charge in [0.05, 0.1) is 0 Å². The summed E-state index contributed by atoms with van der Waals surface area (Å²) in [4.78, 5) is 26.0. The van der Waals surface area contributed by atoms with Gasteiger partial charge in [-0.2, -0.15) is 0 Å². The molecule has 0 unspecified atom stereocenters. The maximum atomic E-state index is 12.7. The van der Waals surface area contributed by atoms with E-state index in [2.05, 4.69) is 10.6 Å². The van der Waals surface area contributed by atoms with Crippen LogP contribution in [0.3, 0.4) is 0 Å². The van der Waals surface area contributed by atoms with Gasteiger partial charge in [0.2, 0.25) is 0 Å². The number of para-hydroxylation sites is 1. The van der Waals surface area contributed by atoms with Crippen LogP contribution in [0.25, 0.3) is 6.08 Å². The molecule has 6 heteroatoms. The molecule has 136 valence electrons. The highest BCUT2D eigenvalue weighted by molar-refractivity contribution is 7.10. The predicted molar refractivity (Wildman–Crippen MR) is 109 cm³/mol. The molecular weight excluding hydrogens is 358 g/mol. The quantitative estimate of drug-likeness (QED) is 0.455. The zero-order chi connectivity index (χ0) is 19.1. The lowest BCUT2D eigenvalue weighted by Gasteiger charge is -2.12. The van der Waals surface area contributed by atoms with Crippen LogP contribution in [-0.2, 0) is 11.3 Å². The van der Waals surface area contributed by atoms with Crippen LogP contribution in [0.1, 0.15) is 20.8 Å². The molecule has 0 saturated carbocycles. The first-order valence-electron chi connectivity index (χ1n) is 8.36. The van der Waals surface area contributed by atoms with E-state index in [0.29, 0.717) is 11.3 Å². The van der Waals surface area contributed by atoms with Gasteiger partial charge in [-0.3, -0.25) is 9.59 Å². The zero-order valence-corrected chi connectivity index (χ0v) is 15.3. The van der Waals surface area contributed by atoms with E-state index in [0.717, 1.165) is 10.4 Å². The van der Waals surface area contributed by atoms with E-state index >= 15 is 0 Å². The number of thiophene rings is 1. The van der Waals surface area contributed by atoms with Crippen molar-refractivity contribution in [1.82, 2.24) is 10.6 Å². The van der Waals surface area contributed by atoms with Crippen molar-refractivity contribution in [3.05, 3.63) is 93.8 Å². The molecule has 1 aromatic heterocycles. The number of carbonyl (C=O) groups is 2. The molecule has 2 amide bonds. The number of rotatable bonds is 6. The summed E-state index contributed by atoms with van der Waals surface area (Å²) in [6.45, 7) is 0.272. The highest BCUT2D eigenvalue weighted by atomic mass is 32.1. The summed E-state index contributed by atoms with van der Waals surface area (Å²) in [7, 11) is 0. The SMILES string of the molecule is Nc1ccccc1CNC(=O)C(=Cc1cccs1)NC(=O)c1ccccc1. The number of hydrogen-bond donors (Lipinski definition) is 3. The minimum absolute atomic E-state index is 0.181. The minimum atomic E-state index is -0.379. The Balaban J connectivity index is 1.76. The first-order valence-corrected chi connectivity index (χ1v) is 9.24. The number of nitrogen functional groups attached to an aromatic ring is 1. The lowest BCUT2D eigenvalue weighted by Crippen LogP contribution is -2.34. The topological polar surface area (TPSA) is 84.2 Å². The molecule has 0 atom stereocenters. The van der Waals surface area contributed by atoms with Gasteiger partial charge in [-0.25, -0.2) is 0 Å². The van der Waals surface area contributed by atoms with Crippen molar-refractivity contribution >= 4 is 34.9 Å². The van der Waals surface area contributed by atoms with E-state index in [9.17, 15) is 9.59 Å². The number of carbonyl (C=O) groups excluding carboxylic acids is 2. The van der Waals surface area contributed by atoms with Gasteiger partial charge in [0.1, 0.15) is 5.70 Å². The van der Waals surface area contributed by atoms with Gasteiger partial charge in [0.15, 0.2) is 0 Å². The summed E-state index contributed by atoms with van der Waals surface area (Å²) in [5.74, 6) is -0.719. The molecule has 0 spiro atoms. The predicted octanol–water partition coefficient (Wildman–Crippen LogP) is 3.42. The van der Waals surface area contributed by atoms with E-state index in [1.54, 1.807) is 36.4 Å². The molecular formula is C21H19N3O2S. The fourth-order valence-electron chi connectivity index (χ4n) is 2.42. The number of nitrogens with one attached hydrogen (secondary N) is 2. The Morgan fingerprint density at radius 1 is 0.963 bits per heavy atom. The van der Waals surface area contributed by atoms with Gasteiger partial charge in [0.25, 0.3) is 11.8 Å². The first kappa shape index (κ1) is 18.4. The molecule has 2 aromatic carbocycles. The van der Waals surface area contributed by atoms with E-state index < -0.39 is 0 Å². The third-order valence-electron chi connectivity index (χ3n) is 3.85. The molecule has 0 aliphatic rings. The van der Waals surface area contributed by atoms with Gasteiger partial charge >= 0.3 is 0 Å². The standard InChI is InChI=1S/C21H19N3O2S/c22-18-11-5-4-9-16(18)14-23-21(26)19(13-17-10-6-12-27-17)24-20(25)15-7-2-1-3-8-15/h1-13H,14,22H2,(H,23,26)(H,24,25). The molecule has 0 aliphatic heterocycles. The van der Waals surface area contributed by atoms with Crippen LogP contribution in [0.5, 0.6) is 0 Å². The summed E-state index contributed by atoms with van der Waals surface area (Å²) in [5.41, 5.74) is 8.00. The lowest BCUT2D eigenvalue weighted by molar-refractivity contribution is -0.117. The Hall–Kier alpha value is -3.38. The van der Waals surface area contributed by atoms with Crippen molar-refractivity contribution < 1.29 is 9.59 Å². The molecule has 27 heavy (non-hydrogen) atoms. The van der Waals surface area contributed by atoms with Crippen molar-refractivity contribution in [2.75, 3.05) is 5.73 Å². The van der Waals surface area contributed by atoms with E-state index in [4.69, 9.17) is 5.73 Å². The Morgan fingerprint density at radius 2 is 1.70 bits per heavy atom. The molecule has 0 fully saturated rings. The summed E-state index contributed by atoms with van der Waals surface area (Å²) < 4.78 is 0. The normalized spacial score (nSPS) is 11.0. The molecule has 4 N–H and O–H groups in total. The Bertz CT molecular complexity index is 951. The molecule has 3 rings (SSSR count). The fourth-order valence-corrected chi connectivity index (χ4v) is 3.08. The maximum Gasteiger partial charge on any atom is 0.268 e. The summed E-state index contributed by atoms with van der Waals surface area (Å²) in [6, 6.07) is 19.9. The van der Waals surface area contributed by atoms with Crippen molar-refractivity contribution in [3.63, 3.8) is 0 Å². The Kier molecular flexibility index (Phi) is 6.02. The largest absolute Gasteiger partial charge is 0.398 e. The highest BCUT2D eigenvalue weighted by Gasteiger charge is 2.15. The number of anilines is 1. The van der Waals surface area contributed by atoms with Crippen molar-refractivity contribution in [3.8, 4) is 0 Å². The maximum absolute atomic E-state index is 12.7. The van der Waals surface area contributed by atoms with Gasteiger partial charge in [-0.1, -0.05) is 42.5 Å². The number of benzene rings is 2. The fraction of sp³-hybridized carbons (Fsp3) is 0.0476. The van der Waals surface area contributed by atoms with Gasteiger partial charge in [-0.05, 0) is 41.3 Å². The number of nitrogens with two attached hydrogens (primary N) is 1. The molecule has 0 radical (unpaired) electrons. The van der Waals surface area contributed by atoms with Crippen LogP contribution in [0.4, 0.5) is 5.69 Å². The van der Waals surface area contributed by atoms with Crippen LogP contribution in [-0.4, -0.2) is 11.8 Å². The van der Waals surface area contributed by atoms with Crippen molar-refractivity contribution in [2.24, 2.45) is 0 Å². The average Bonchev–Trinajstić information content (AvgIpc) is 3.20. The molecule has 0 saturated heterocycles. The second-order valence-electron chi connectivity index (χ2n) is 5.78. The van der Waals surface area contributed by atoms with Crippen LogP contribution in [0, 0.1) is 0 Å². The smallest absolute Gasteiger partial charge is 0.268 e. The second kappa shape index (κ2) is 8.82. The second-order valence-corrected chi connectivity index (χ2v) is 6.75. The van der Waals surface area contributed by atoms with Crippen LogP contribution >= 0.6 is 11.3 Å². The van der Waals surface area contributed by atoms with Gasteiger partial charge in [0, 0.05) is 22.7 Å². The number of hydrogen-bond acceptors (Lipinski definition) is 4. The minimum Gasteiger partial charge on any atom is -0.398 e. The molecule has 0 aliphatic carbocycles. The van der Waals surface area contributed by atoms with Crippen LogP contribution in [0.2, 0.25) is 0 Å². The molecule has 0 bridgehead atoms. The van der Waals surface area contributed by atoms with E-state index in [-0.39, 0.29) is 24.1 Å². The van der Waals surface area contributed by atoms with Crippen LogP contribution < -0.4 is 16.4 Å². The Labute approximate surface area is 161 Å². The third kappa shape index (κ3) is 5.05. The van der Waals surface area contributed by atoms with Crippen molar-refractivity contribution in [1.29, 1.82) is 0 Å². The molecule has 1 heterocycles. The lowest BCUT2D eigenvalue weighted by atomic mass is 10.2. The molecule has 3 aromatic rings. The van der Waals surface area contributed by atoms with Gasteiger partial charge in [-0.15, -0.1) is 11.3 Å². The van der Waals surface area contributed by atoms with Crippen molar-refractivity contribution in [2.45, 2.75) is 6.54 Å². The zero-order valence-electron chi connectivity index (χ0n) is 14.5. The Morgan fingerprint density at radius 3 is 2.41 bits per heavy atom. The van der Waals surface area contributed by atoms with E-state index in [1.807, 2.05) is 41.8 Å². The van der Waals surface area contributed by atoms with Gasteiger partial charge < -0.3 is 16.4 Å². The molecule has 5 nitrogen and oxygen atoms in total. The summed E-state index contributed by atoms with van der Waals surface area (Å²) >= 11 is 1.48. The van der Waals surface area contributed by atoms with E-state index in [1.165, 1.54) is 11.3 Å². The summed E-state index contributed by atoms with van der Waals surface area (Å²) in [6.07, 6.45) is 1.66. The first-order chi connectivity index (χ1) is 13.1. The monoisotopic (exact) mass is 377 g/mol.